The lowest BCUT2D eigenvalue weighted by Gasteiger charge is -2.21. The summed E-state index contributed by atoms with van der Waals surface area (Å²) in [7, 11) is -1.43. The van der Waals surface area contributed by atoms with Crippen molar-refractivity contribution < 1.29 is 23.7 Å². The van der Waals surface area contributed by atoms with Gasteiger partial charge < -0.3 is 5.11 Å². The van der Waals surface area contributed by atoms with Crippen LogP contribution in [0.2, 0.25) is 0 Å². The fourth-order valence-corrected chi connectivity index (χ4v) is 2.71. The van der Waals surface area contributed by atoms with E-state index in [1.165, 1.54) is 18.4 Å². The zero-order chi connectivity index (χ0) is 14.2. The number of carboxylic acid groups (broad SMARTS) is 1. The number of nitrogens with zero attached hydrogens (tertiary/aromatic N) is 1. The highest BCUT2D eigenvalue weighted by atomic mass is 32.2. The van der Waals surface area contributed by atoms with Crippen LogP contribution in [0.15, 0.2) is 24.3 Å². The molecule has 1 unspecified atom stereocenters. The number of carbonyl (C=O) groups is 3. The summed E-state index contributed by atoms with van der Waals surface area (Å²) in [5.41, 5.74) is 0.362. The number of hydrogen-bond acceptors (Lipinski definition) is 4. The minimum atomic E-state index is -1.43. The van der Waals surface area contributed by atoms with Gasteiger partial charge >= 0.3 is 5.97 Å². The Balaban J connectivity index is 2.42. The van der Waals surface area contributed by atoms with Crippen molar-refractivity contribution >= 4 is 28.6 Å². The number of imide groups is 1. The molecule has 6 nitrogen and oxygen atoms in total. The lowest BCUT2D eigenvalue weighted by Crippen LogP contribution is -2.47. The molecule has 7 heteroatoms. The van der Waals surface area contributed by atoms with Crippen LogP contribution >= 0.6 is 0 Å². The monoisotopic (exact) mass is 281 g/mol. The van der Waals surface area contributed by atoms with Gasteiger partial charge in [-0.3, -0.25) is 18.7 Å². The van der Waals surface area contributed by atoms with Crippen molar-refractivity contribution in [3.63, 3.8) is 0 Å². The van der Waals surface area contributed by atoms with E-state index in [4.69, 9.17) is 5.11 Å². The fraction of sp³-hybridized carbons (Fsp3) is 0.250. The summed E-state index contributed by atoms with van der Waals surface area (Å²) in [6.45, 7) is 0. The molecule has 2 atom stereocenters. The van der Waals surface area contributed by atoms with Crippen LogP contribution in [0.4, 0.5) is 0 Å². The average molecular weight is 281 g/mol. The SMILES string of the molecule is CS(=O)C[C@@H](C(=O)O)N1C(=O)c2ccccc2C1=O. The molecule has 1 aliphatic rings. The van der Waals surface area contributed by atoms with E-state index in [-0.39, 0.29) is 16.9 Å². The summed E-state index contributed by atoms with van der Waals surface area (Å²) in [5.74, 6) is -2.93. The molecular weight excluding hydrogens is 270 g/mol. The molecule has 1 aromatic rings. The molecule has 0 aliphatic carbocycles. The molecule has 2 amide bonds. The summed E-state index contributed by atoms with van der Waals surface area (Å²) in [4.78, 5) is 36.0. The van der Waals surface area contributed by atoms with Crippen molar-refractivity contribution in [1.82, 2.24) is 4.90 Å². The van der Waals surface area contributed by atoms with Gasteiger partial charge in [0, 0.05) is 17.1 Å². The molecule has 0 saturated heterocycles. The smallest absolute Gasteiger partial charge is 0.327 e. The maximum Gasteiger partial charge on any atom is 0.327 e. The van der Waals surface area contributed by atoms with Crippen molar-refractivity contribution in [2.45, 2.75) is 6.04 Å². The third kappa shape index (κ3) is 2.28. The van der Waals surface area contributed by atoms with E-state index in [1.807, 2.05) is 0 Å². The molecule has 1 aliphatic heterocycles. The summed E-state index contributed by atoms with van der Waals surface area (Å²) < 4.78 is 11.2. The number of rotatable bonds is 4. The van der Waals surface area contributed by atoms with Crippen LogP contribution in [0, 0.1) is 0 Å². The fourth-order valence-electron chi connectivity index (χ4n) is 1.97. The van der Waals surface area contributed by atoms with Gasteiger partial charge in [0.15, 0.2) is 0 Å². The number of amides is 2. The Kier molecular flexibility index (Phi) is 3.48. The maximum absolute atomic E-state index is 12.1. The van der Waals surface area contributed by atoms with Crippen LogP contribution in [0.5, 0.6) is 0 Å². The predicted molar refractivity (Wildman–Crippen MR) is 67.3 cm³/mol. The second-order valence-electron chi connectivity index (χ2n) is 4.12. The predicted octanol–water partition coefficient (Wildman–Crippen LogP) is 0.114. The first kappa shape index (κ1) is 13.4. The molecule has 1 aromatic carbocycles. The first-order valence-corrected chi connectivity index (χ1v) is 7.16. The molecule has 100 valence electrons. The standard InChI is InChI=1S/C12H11NO5S/c1-19(18)6-9(12(16)17)13-10(14)7-4-2-3-5-8(7)11(13)15/h2-5,9H,6H2,1H3,(H,16,17)/t9-,19?/m0/s1. The van der Waals surface area contributed by atoms with Crippen LogP contribution in [-0.2, 0) is 15.6 Å². The summed E-state index contributed by atoms with van der Waals surface area (Å²) in [6, 6.07) is 4.73. The van der Waals surface area contributed by atoms with Gasteiger partial charge in [-0.1, -0.05) is 12.1 Å². The first-order chi connectivity index (χ1) is 8.93. The van der Waals surface area contributed by atoms with Crippen molar-refractivity contribution in [3.8, 4) is 0 Å². The van der Waals surface area contributed by atoms with Gasteiger partial charge in [-0.05, 0) is 12.1 Å². The Morgan fingerprint density at radius 2 is 1.74 bits per heavy atom. The van der Waals surface area contributed by atoms with Gasteiger partial charge in [0.05, 0.1) is 16.9 Å². The summed E-state index contributed by atoms with van der Waals surface area (Å²) >= 11 is 0. The Bertz CT molecular complexity index is 563. The lowest BCUT2D eigenvalue weighted by molar-refractivity contribution is -0.140. The number of aliphatic carboxylic acids is 1. The quantitative estimate of drug-likeness (QED) is 0.791. The molecule has 0 spiro atoms. The normalized spacial score (nSPS) is 17.2. The van der Waals surface area contributed by atoms with E-state index in [2.05, 4.69) is 0 Å². The van der Waals surface area contributed by atoms with E-state index in [9.17, 15) is 18.6 Å². The summed E-state index contributed by atoms with van der Waals surface area (Å²) in [5, 5.41) is 9.12. The van der Waals surface area contributed by atoms with Crippen LogP contribution in [-0.4, -0.2) is 50.0 Å². The molecule has 0 aromatic heterocycles. The minimum Gasteiger partial charge on any atom is -0.480 e. The molecule has 19 heavy (non-hydrogen) atoms. The van der Waals surface area contributed by atoms with Gasteiger partial charge in [-0.15, -0.1) is 0 Å². The van der Waals surface area contributed by atoms with Crippen molar-refractivity contribution in [3.05, 3.63) is 35.4 Å². The van der Waals surface area contributed by atoms with Crippen LogP contribution in [0.25, 0.3) is 0 Å². The molecule has 1 N–H and O–H groups in total. The Labute approximate surface area is 111 Å². The Morgan fingerprint density at radius 1 is 1.26 bits per heavy atom. The van der Waals surface area contributed by atoms with E-state index in [0.29, 0.717) is 4.90 Å². The molecule has 2 rings (SSSR count). The first-order valence-electron chi connectivity index (χ1n) is 5.43. The van der Waals surface area contributed by atoms with Gasteiger partial charge in [-0.2, -0.15) is 0 Å². The molecule has 0 saturated carbocycles. The van der Waals surface area contributed by atoms with Crippen molar-refractivity contribution in [2.75, 3.05) is 12.0 Å². The van der Waals surface area contributed by atoms with E-state index in [1.54, 1.807) is 12.1 Å². The molecular formula is C12H11NO5S. The van der Waals surface area contributed by atoms with Gasteiger partial charge in [0.1, 0.15) is 6.04 Å². The Morgan fingerprint density at radius 3 is 2.11 bits per heavy atom. The number of hydrogen-bond donors (Lipinski definition) is 1. The zero-order valence-electron chi connectivity index (χ0n) is 10.0. The second-order valence-corrected chi connectivity index (χ2v) is 5.60. The molecule has 1 heterocycles. The highest BCUT2D eigenvalue weighted by Crippen LogP contribution is 2.24. The minimum absolute atomic E-state index is 0.181. The van der Waals surface area contributed by atoms with Gasteiger partial charge in [-0.25, -0.2) is 4.79 Å². The van der Waals surface area contributed by atoms with E-state index in [0.717, 1.165) is 0 Å². The topological polar surface area (TPSA) is 91.8 Å². The van der Waals surface area contributed by atoms with E-state index >= 15 is 0 Å². The number of benzene rings is 1. The van der Waals surface area contributed by atoms with Crippen molar-refractivity contribution in [1.29, 1.82) is 0 Å². The van der Waals surface area contributed by atoms with Crippen molar-refractivity contribution in [2.24, 2.45) is 0 Å². The Hall–Kier alpha value is -2.02. The van der Waals surface area contributed by atoms with Gasteiger partial charge in [0.25, 0.3) is 11.8 Å². The maximum atomic E-state index is 12.1. The highest BCUT2D eigenvalue weighted by molar-refractivity contribution is 7.84. The molecule has 0 radical (unpaired) electrons. The lowest BCUT2D eigenvalue weighted by atomic mass is 10.1. The van der Waals surface area contributed by atoms with Crippen LogP contribution < -0.4 is 0 Å². The summed E-state index contributed by atoms with van der Waals surface area (Å²) in [6.07, 6.45) is 1.33. The number of carbonyl (C=O) groups excluding carboxylic acids is 2. The largest absolute Gasteiger partial charge is 0.480 e. The third-order valence-electron chi connectivity index (χ3n) is 2.81. The number of fused-ring (bicyclic) bond motifs is 1. The zero-order valence-corrected chi connectivity index (χ0v) is 10.8. The van der Waals surface area contributed by atoms with Crippen LogP contribution in [0.1, 0.15) is 20.7 Å². The number of carboxylic acids is 1. The average Bonchev–Trinajstić information content (AvgIpc) is 2.60. The van der Waals surface area contributed by atoms with E-state index < -0.39 is 34.6 Å². The van der Waals surface area contributed by atoms with Gasteiger partial charge in [0.2, 0.25) is 0 Å². The third-order valence-corrected chi connectivity index (χ3v) is 3.60. The molecule has 0 fully saturated rings. The highest BCUT2D eigenvalue weighted by Gasteiger charge is 2.42. The second kappa shape index (κ2) is 4.93. The van der Waals surface area contributed by atoms with Crippen LogP contribution in [0.3, 0.4) is 0 Å². The molecule has 0 bridgehead atoms.